The summed E-state index contributed by atoms with van der Waals surface area (Å²) in [7, 11) is -0.895. The molecule has 4 nitrogen and oxygen atoms in total. The van der Waals surface area contributed by atoms with E-state index in [9.17, 15) is 8.42 Å². The van der Waals surface area contributed by atoms with Crippen molar-refractivity contribution in [2.75, 3.05) is 32.1 Å². The second-order valence-corrected chi connectivity index (χ2v) is 9.39. The van der Waals surface area contributed by atoms with E-state index in [2.05, 4.69) is 25.7 Å². The molecule has 5 heteroatoms. The number of nitrogens with zero attached hydrogens (tertiary/aromatic N) is 1. The Morgan fingerprint density at radius 3 is 2.32 bits per heavy atom. The van der Waals surface area contributed by atoms with Crippen LogP contribution in [0.4, 0.5) is 0 Å². The van der Waals surface area contributed by atoms with Crippen LogP contribution in [0, 0.1) is 11.3 Å². The molecule has 0 saturated heterocycles. The third kappa shape index (κ3) is 4.17. The standard InChI is InChI=1S/C14H30N2O2S/c1-12-10-13(2,3)6-7-14(12,11-15)16(4)8-9-19(5,17)18/h12H,6-11,15H2,1-5H3. The number of sulfone groups is 1. The number of nitrogens with two attached hydrogens (primary N) is 1. The van der Waals surface area contributed by atoms with Crippen molar-refractivity contribution in [3.8, 4) is 0 Å². The summed E-state index contributed by atoms with van der Waals surface area (Å²) in [4.78, 5) is 2.19. The molecule has 0 radical (unpaired) electrons. The van der Waals surface area contributed by atoms with Gasteiger partial charge in [-0.1, -0.05) is 20.8 Å². The molecular weight excluding hydrogens is 260 g/mol. The van der Waals surface area contributed by atoms with E-state index in [1.165, 1.54) is 6.26 Å². The van der Waals surface area contributed by atoms with Gasteiger partial charge in [0.2, 0.25) is 0 Å². The third-order valence-corrected chi connectivity index (χ3v) is 5.85. The van der Waals surface area contributed by atoms with Gasteiger partial charge in [-0.3, -0.25) is 4.90 Å². The average Bonchev–Trinajstić information content (AvgIpc) is 2.25. The Balaban J connectivity index is 2.80. The van der Waals surface area contributed by atoms with Crippen LogP contribution >= 0.6 is 0 Å². The molecule has 1 aliphatic rings. The summed E-state index contributed by atoms with van der Waals surface area (Å²) in [6, 6.07) is 0. The zero-order valence-electron chi connectivity index (χ0n) is 13.1. The average molecular weight is 290 g/mol. The van der Waals surface area contributed by atoms with E-state index in [1.807, 2.05) is 7.05 Å². The van der Waals surface area contributed by atoms with E-state index < -0.39 is 9.84 Å². The first-order valence-electron chi connectivity index (χ1n) is 7.11. The van der Waals surface area contributed by atoms with Crippen LogP contribution in [-0.4, -0.2) is 51.0 Å². The maximum atomic E-state index is 11.3. The molecule has 0 aliphatic heterocycles. The Labute approximate surface area is 118 Å². The molecule has 0 heterocycles. The molecule has 0 bridgehead atoms. The van der Waals surface area contributed by atoms with Crippen molar-refractivity contribution in [2.45, 2.75) is 45.6 Å². The van der Waals surface area contributed by atoms with Crippen molar-refractivity contribution in [3.63, 3.8) is 0 Å². The summed E-state index contributed by atoms with van der Waals surface area (Å²) in [6.07, 6.45) is 4.65. The van der Waals surface area contributed by atoms with Gasteiger partial charge >= 0.3 is 0 Å². The highest BCUT2D eigenvalue weighted by atomic mass is 32.2. The molecule has 19 heavy (non-hydrogen) atoms. The second-order valence-electron chi connectivity index (χ2n) is 7.13. The minimum atomic E-state index is -2.92. The summed E-state index contributed by atoms with van der Waals surface area (Å²) in [5, 5.41) is 0. The van der Waals surface area contributed by atoms with Gasteiger partial charge in [-0.15, -0.1) is 0 Å². The highest BCUT2D eigenvalue weighted by molar-refractivity contribution is 7.90. The summed E-state index contributed by atoms with van der Waals surface area (Å²) in [5.74, 6) is 0.701. The fraction of sp³-hybridized carbons (Fsp3) is 1.00. The molecule has 1 rings (SSSR count). The minimum absolute atomic E-state index is 0.0415. The van der Waals surface area contributed by atoms with Gasteiger partial charge in [0.25, 0.3) is 0 Å². The highest BCUT2D eigenvalue weighted by Gasteiger charge is 2.45. The molecule has 2 atom stereocenters. The van der Waals surface area contributed by atoms with Gasteiger partial charge < -0.3 is 5.73 Å². The smallest absolute Gasteiger partial charge is 0.148 e. The van der Waals surface area contributed by atoms with Gasteiger partial charge in [0, 0.05) is 24.9 Å². The zero-order valence-corrected chi connectivity index (χ0v) is 13.9. The molecular formula is C14H30N2O2S. The van der Waals surface area contributed by atoms with Crippen LogP contribution in [0.25, 0.3) is 0 Å². The van der Waals surface area contributed by atoms with Gasteiger partial charge in [0.05, 0.1) is 5.75 Å². The van der Waals surface area contributed by atoms with Crippen LogP contribution in [0.1, 0.15) is 40.0 Å². The van der Waals surface area contributed by atoms with Crippen LogP contribution in [0.15, 0.2) is 0 Å². The summed E-state index contributed by atoms with van der Waals surface area (Å²) in [5.41, 5.74) is 6.40. The van der Waals surface area contributed by atoms with Gasteiger partial charge in [-0.25, -0.2) is 8.42 Å². The predicted molar refractivity (Wildman–Crippen MR) is 80.9 cm³/mol. The van der Waals surface area contributed by atoms with Crippen LogP contribution in [0.2, 0.25) is 0 Å². The van der Waals surface area contributed by atoms with E-state index in [0.29, 0.717) is 24.4 Å². The Morgan fingerprint density at radius 2 is 1.89 bits per heavy atom. The van der Waals surface area contributed by atoms with Gasteiger partial charge in [0.15, 0.2) is 0 Å². The predicted octanol–water partition coefficient (Wildman–Crippen LogP) is 1.51. The van der Waals surface area contributed by atoms with E-state index in [-0.39, 0.29) is 11.3 Å². The first-order valence-corrected chi connectivity index (χ1v) is 9.17. The maximum Gasteiger partial charge on any atom is 0.148 e. The largest absolute Gasteiger partial charge is 0.329 e. The molecule has 2 N–H and O–H groups in total. The molecule has 0 aromatic carbocycles. The minimum Gasteiger partial charge on any atom is -0.329 e. The first kappa shape index (κ1) is 16.9. The highest BCUT2D eigenvalue weighted by Crippen LogP contribution is 2.45. The quantitative estimate of drug-likeness (QED) is 0.833. The van der Waals surface area contributed by atoms with Gasteiger partial charge in [-0.2, -0.15) is 0 Å². The molecule has 1 saturated carbocycles. The number of rotatable bonds is 5. The summed E-state index contributed by atoms with van der Waals surface area (Å²) < 4.78 is 22.7. The zero-order chi connectivity index (χ0) is 14.9. The van der Waals surface area contributed by atoms with Crippen LogP contribution in [-0.2, 0) is 9.84 Å². The summed E-state index contributed by atoms with van der Waals surface area (Å²) in [6.45, 7) is 8.04. The van der Waals surface area contributed by atoms with E-state index in [1.54, 1.807) is 0 Å². The third-order valence-electron chi connectivity index (χ3n) is 4.92. The van der Waals surface area contributed by atoms with Crippen molar-refractivity contribution >= 4 is 9.84 Å². The van der Waals surface area contributed by atoms with Crippen molar-refractivity contribution in [1.29, 1.82) is 0 Å². The lowest BCUT2D eigenvalue weighted by Crippen LogP contribution is -2.60. The van der Waals surface area contributed by atoms with Crippen molar-refractivity contribution in [2.24, 2.45) is 17.1 Å². The number of hydrogen-bond acceptors (Lipinski definition) is 4. The monoisotopic (exact) mass is 290 g/mol. The Hall–Kier alpha value is -0.130. The summed E-state index contributed by atoms with van der Waals surface area (Å²) >= 11 is 0. The van der Waals surface area contributed by atoms with E-state index in [0.717, 1.165) is 19.3 Å². The first-order chi connectivity index (χ1) is 8.52. The molecule has 1 aliphatic carbocycles. The molecule has 114 valence electrons. The molecule has 0 aromatic rings. The fourth-order valence-electron chi connectivity index (χ4n) is 3.47. The SMILES string of the molecule is CC1CC(C)(C)CCC1(CN)N(C)CCS(C)(=O)=O. The van der Waals surface area contributed by atoms with Crippen molar-refractivity contribution < 1.29 is 8.42 Å². The van der Waals surface area contributed by atoms with Crippen molar-refractivity contribution in [1.82, 2.24) is 4.90 Å². The Bertz CT molecular complexity index is 406. The fourth-order valence-corrected chi connectivity index (χ4v) is 4.08. The molecule has 0 spiro atoms. The van der Waals surface area contributed by atoms with Crippen molar-refractivity contribution in [3.05, 3.63) is 0 Å². The number of hydrogen-bond donors (Lipinski definition) is 1. The second kappa shape index (κ2) is 5.70. The lowest BCUT2D eigenvalue weighted by atomic mass is 9.63. The maximum absolute atomic E-state index is 11.3. The molecule has 0 amide bonds. The number of likely N-dealkylation sites (N-methyl/N-ethyl adjacent to an activating group) is 1. The molecule has 1 fully saturated rings. The van der Waals surface area contributed by atoms with Gasteiger partial charge in [-0.05, 0) is 37.6 Å². The topological polar surface area (TPSA) is 63.4 Å². The lowest BCUT2D eigenvalue weighted by Gasteiger charge is -2.52. The Kier molecular flexibility index (Phi) is 5.08. The Morgan fingerprint density at radius 1 is 1.32 bits per heavy atom. The van der Waals surface area contributed by atoms with Crippen LogP contribution in [0.3, 0.4) is 0 Å². The van der Waals surface area contributed by atoms with E-state index >= 15 is 0 Å². The normalized spacial score (nSPS) is 31.6. The van der Waals surface area contributed by atoms with E-state index in [4.69, 9.17) is 5.73 Å². The lowest BCUT2D eigenvalue weighted by molar-refractivity contribution is -0.00383. The van der Waals surface area contributed by atoms with Gasteiger partial charge in [0.1, 0.15) is 9.84 Å². The van der Waals surface area contributed by atoms with Crippen LogP contribution < -0.4 is 5.73 Å². The molecule has 0 aromatic heterocycles. The van der Waals surface area contributed by atoms with Crippen LogP contribution in [0.5, 0.6) is 0 Å². The molecule has 2 unspecified atom stereocenters.